The predicted molar refractivity (Wildman–Crippen MR) is 72.1 cm³/mol. The van der Waals surface area contributed by atoms with Gasteiger partial charge in [-0.2, -0.15) is 0 Å². The van der Waals surface area contributed by atoms with Crippen LogP contribution in [0.4, 0.5) is 4.79 Å². The molecule has 2 rings (SSSR count). The highest BCUT2D eigenvalue weighted by Crippen LogP contribution is 2.20. The molecule has 102 valence electrons. The summed E-state index contributed by atoms with van der Waals surface area (Å²) in [7, 11) is 0. The summed E-state index contributed by atoms with van der Waals surface area (Å²) >= 11 is 1.38. The average Bonchev–Trinajstić information content (AvgIpc) is 2.76. The molecule has 7 nitrogen and oxygen atoms in total. The molecule has 0 spiro atoms. The third-order valence-corrected chi connectivity index (χ3v) is 3.88. The van der Waals surface area contributed by atoms with E-state index in [2.05, 4.69) is 10.3 Å². The zero-order chi connectivity index (χ0) is 14.0. The number of rotatable bonds is 4. The minimum Gasteiger partial charge on any atom is -0.465 e. The number of aromatic nitrogens is 2. The first-order valence-electron chi connectivity index (χ1n) is 5.75. The highest BCUT2D eigenvalue weighted by Gasteiger charge is 2.10. The quantitative estimate of drug-likeness (QED) is 0.763. The Morgan fingerprint density at radius 3 is 2.89 bits per heavy atom. The summed E-state index contributed by atoms with van der Waals surface area (Å²) in [6.45, 7) is 1.99. The van der Waals surface area contributed by atoms with E-state index in [9.17, 15) is 14.4 Å². The number of hydrogen-bond donors (Lipinski definition) is 3. The zero-order valence-electron chi connectivity index (χ0n) is 10.2. The maximum atomic E-state index is 12.1. The summed E-state index contributed by atoms with van der Waals surface area (Å²) in [5.74, 6) is 0. The topological polar surface area (TPSA) is 104 Å². The molecule has 0 saturated carbocycles. The Balaban J connectivity index is 2.41. The number of nitrogens with zero attached hydrogens (tertiary/aromatic N) is 1. The van der Waals surface area contributed by atoms with E-state index in [0.29, 0.717) is 10.2 Å². The first-order chi connectivity index (χ1) is 9.02. The van der Waals surface area contributed by atoms with E-state index in [-0.39, 0.29) is 18.6 Å². The smallest absolute Gasteiger partial charge is 0.404 e. The molecule has 0 aliphatic heterocycles. The number of hydrogen-bond acceptors (Lipinski definition) is 4. The number of fused-ring (bicyclic) bond motifs is 1. The lowest BCUT2D eigenvalue weighted by atomic mass is 10.3. The fourth-order valence-electron chi connectivity index (χ4n) is 1.75. The molecule has 3 N–H and O–H groups in total. The van der Waals surface area contributed by atoms with Crippen molar-refractivity contribution >= 4 is 27.6 Å². The van der Waals surface area contributed by atoms with Gasteiger partial charge >= 0.3 is 11.8 Å². The first kappa shape index (κ1) is 13.3. The molecule has 0 fully saturated rings. The molecule has 2 aromatic rings. The van der Waals surface area contributed by atoms with E-state index >= 15 is 0 Å². The van der Waals surface area contributed by atoms with Crippen LogP contribution < -0.4 is 16.6 Å². The lowest BCUT2D eigenvalue weighted by Crippen LogP contribution is -2.38. The van der Waals surface area contributed by atoms with Gasteiger partial charge in [0.15, 0.2) is 0 Å². The highest BCUT2D eigenvalue weighted by molar-refractivity contribution is 7.18. The second kappa shape index (κ2) is 5.27. The molecule has 8 heteroatoms. The van der Waals surface area contributed by atoms with Gasteiger partial charge in [-0.1, -0.05) is 6.92 Å². The van der Waals surface area contributed by atoms with Crippen LogP contribution in [0.1, 0.15) is 11.8 Å². The van der Waals surface area contributed by atoms with Crippen molar-refractivity contribution in [2.75, 3.05) is 6.54 Å². The third-order valence-electron chi connectivity index (χ3n) is 2.68. The number of aryl methyl sites for hydroxylation is 1. The number of aromatic amines is 1. The Kier molecular flexibility index (Phi) is 3.70. The molecule has 0 radical (unpaired) electrons. The van der Waals surface area contributed by atoms with Crippen molar-refractivity contribution in [3.8, 4) is 0 Å². The summed E-state index contributed by atoms with van der Waals surface area (Å²) in [6, 6.07) is 1.76. The number of H-pyrrole nitrogens is 1. The number of amides is 1. The van der Waals surface area contributed by atoms with E-state index in [1.54, 1.807) is 6.07 Å². The van der Waals surface area contributed by atoms with Crippen molar-refractivity contribution in [3.63, 3.8) is 0 Å². The van der Waals surface area contributed by atoms with E-state index in [1.165, 1.54) is 11.3 Å². The van der Waals surface area contributed by atoms with Gasteiger partial charge < -0.3 is 10.4 Å². The molecular weight excluding hydrogens is 270 g/mol. The van der Waals surface area contributed by atoms with Crippen molar-refractivity contribution in [1.29, 1.82) is 0 Å². The van der Waals surface area contributed by atoms with Gasteiger partial charge in [-0.3, -0.25) is 14.3 Å². The van der Waals surface area contributed by atoms with Crippen molar-refractivity contribution in [3.05, 3.63) is 31.8 Å². The van der Waals surface area contributed by atoms with E-state index in [4.69, 9.17) is 5.11 Å². The maximum absolute atomic E-state index is 12.1. The fourth-order valence-corrected chi connectivity index (χ4v) is 2.73. The fraction of sp³-hybridized carbons (Fsp3) is 0.364. The molecule has 1 amide bonds. The van der Waals surface area contributed by atoms with Crippen molar-refractivity contribution in [2.45, 2.75) is 19.9 Å². The van der Waals surface area contributed by atoms with E-state index < -0.39 is 11.8 Å². The number of thiophene rings is 1. The van der Waals surface area contributed by atoms with Gasteiger partial charge in [0.25, 0.3) is 5.56 Å². The lowest BCUT2D eigenvalue weighted by molar-refractivity contribution is 0.194. The van der Waals surface area contributed by atoms with Crippen molar-refractivity contribution < 1.29 is 9.90 Å². The Morgan fingerprint density at radius 1 is 1.53 bits per heavy atom. The summed E-state index contributed by atoms with van der Waals surface area (Å²) in [5.41, 5.74) is -0.906. The maximum Gasteiger partial charge on any atom is 0.404 e. The normalized spacial score (nSPS) is 10.8. The van der Waals surface area contributed by atoms with Gasteiger partial charge in [0.1, 0.15) is 4.83 Å². The van der Waals surface area contributed by atoms with Crippen LogP contribution in [0.15, 0.2) is 15.7 Å². The molecule has 19 heavy (non-hydrogen) atoms. The molecule has 0 aliphatic rings. The molecule has 0 aliphatic carbocycles. The first-order valence-corrected chi connectivity index (χ1v) is 6.57. The van der Waals surface area contributed by atoms with Crippen LogP contribution in [-0.4, -0.2) is 27.3 Å². The Bertz CT molecular complexity index is 728. The van der Waals surface area contributed by atoms with Crippen LogP contribution in [-0.2, 0) is 13.0 Å². The summed E-state index contributed by atoms with van der Waals surface area (Å²) in [4.78, 5) is 38.5. The van der Waals surface area contributed by atoms with Crippen LogP contribution in [0.3, 0.4) is 0 Å². The van der Waals surface area contributed by atoms with Crippen molar-refractivity contribution in [2.24, 2.45) is 0 Å². The molecular formula is C11H13N3O4S. The Labute approximate surface area is 111 Å². The van der Waals surface area contributed by atoms with Crippen molar-refractivity contribution in [1.82, 2.24) is 14.9 Å². The van der Waals surface area contributed by atoms with Crippen LogP contribution in [0.25, 0.3) is 10.2 Å². The second-order valence-corrected chi connectivity index (χ2v) is 5.06. The molecule has 2 heterocycles. The predicted octanol–water partition coefficient (Wildman–Crippen LogP) is 0.581. The molecule has 0 atom stereocenters. The minimum absolute atomic E-state index is 0.00765. The number of carboxylic acid groups (broad SMARTS) is 1. The zero-order valence-corrected chi connectivity index (χ0v) is 11.0. The van der Waals surface area contributed by atoms with Gasteiger partial charge in [-0.05, 0) is 12.5 Å². The van der Waals surface area contributed by atoms with Crippen LogP contribution in [0.2, 0.25) is 0 Å². The molecule has 0 bridgehead atoms. The van der Waals surface area contributed by atoms with Gasteiger partial charge in [-0.15, -0.1) is 11.3 Å². The SMILES string of the molecule is CCc1cc2c(=O)n(CCNC(=O)O)c(=O)[nH]c2s1. The summed E-state index contributed by atoms with van der Waals surface area (Å²) < 4.78 is 1.00. The molecule has 2 aromatic heterocycles. The monoisotopic (exact) mass is 283 g/mol. The van der Waals surface area contributed by atoms with Gasteiger partial charge in [-0.25, -0.2) is 9.59 Å². The van der Waals surface area contributed by atoms with Gasteiger partial charge in [0.05, 0.1) is 5.39 Å². The minimum atomic E-state index is -1.19. The molecule has 0 aromatic carbocycles. The van der Waals surface area contributed by atoms with Gasteiger partial charge in [0, 0.05) is 18.0 Å². The summed E-state index contributed by atoms with van der Waals surface area (Å²) in [5, 5.41) is 11.0. The second-order valence-electron chi connectivity index (χ2n) is 3.93. The number of nitrogens with one attached hydrogen (secondary N) is 2. The van der Waals surface area contributed by atoms with Crippen LogP contribution in [0.5, 0.6) is 0 Å². The Morgan fingerprint density at radius 2 is 2.26 bits per heavy atom. The van der Waals surface area contributed by atoms with Crippen LogP contribution >= 0.6 is 11.3 Å². The highest BCUT2D eigenvalue weighted by atomic mass is 32.1. The third kappa shape index (κ3) is 2.68. The van der Waals surface area contributed by atoms with E-state index in [0.717, 1.165) is 15.9 Å². The Hall–Kier alpha value is -2.09. The van der Waals surface area contributed by atoms with Crippen LogP contribution in [0, 0.1) is 0 Å². The molecule has 0 unspecified atom stereocenters. The molecule has 0 saturated heterocycles. The van der Waals surface area contributed by atoms with Gasteiger partial charge in [0.2, 0.25) is 0 Å². The number of carbonyl (C=O) groups is 1. The van der Waals surface area contributed by atoms with E-state index in [1.807, 2.05) is 6.92 Å². The summed E-state index contributed by atoms with van der Waals surface area (Å²) in [6.07, 6.45) is -0.393. The average molecular weight is 283 g/mol. The largest absolute Gasteiger partial charge is 0.465 e. The lowest BCUT2D eigenvalue weighted by Gasteiger charge is -2.04. The standard InChI is InChI=1S/C11H13N3O4S/c1-2-6-5-7-8(19-6)13-10(16)14(9(7)15)4-3-12-11(17)18/h5,12H,2-4H2,1H3,(H,13,16)(H,17,18).